The lowest BCUT2D eigenvalue weighted by molar-refractivity contribution is -0.114. The number of ether oxygens (including phenoxy) is 1. The van der Waals surface area contributed by atoms with Crippen LogP contribution in [0.1, 0.15) is 5.56 Å². The summed E-state index contributed by atoms with van der Waals surface area (Å²) in [5, 5.41) is 4.27. The van der Waals surface area contributed by atoms with Gasteiger partial charge < -0.3 is 15.0 Å². The predicted molar refractivity (Wildman–Crippen MR) is 112 cm³/mol. The van der Waals surface area contributed by atoms with Crippen molar-refractivity contribution in [2.75, 3.05) is 30.9 Å². The van der Waals surface area contributed by atoms with Crippen LogP contribution in [-0.4, -0.2) is 36.6 Å². The van der Waals surface area contributed by atoms with Gasteiger partial charge in [-0.25, -0.2) is 9.97 Å². The number of benzene rings is 2. The van der Waals surface area contributed by atoms with Crippen LogP contribution in [0.4, 0.5) is 10.3 Å². The Bertz CT molecular complexity index is 1140. The second kappa shape index (κ2) is 7.13. The highest BCUT2D eigenvalue weighted by atomic mass is 32.1. The fraction of sp³-hybridized carbons (Fsp3) is 0.211. The average Bonchev–Trinajstić information content (AvgIpc) is 3.24. The number of likely N-dealkylation sites (N-methyl/N-ethyl adjacent to an activating group) is 1. The van der Waals surface area contributed by atoms with Crippen molar-refractivity contribution in [3.05, 3.63) is 42.0 Å². The van der Waals surface area contributed by atoms with Gasteiger partial charge in [0.05, 0.1) is 28.6 Å². The first kappa shape index (κ1) is 17.7. The van der Waals surface area contributed by atoms with Crippen molar-refractivity contribution in [2.24, 2.45) is 0 Å². The van der Waals surface area contributed by atoms with Gasteiger partial charge in [-0.05, 0) is 36.8 Å². The van der Waals surface area contributed by atoms with Crippen LogP contribution in [0.15, 0.2) is 36.4 Å². The molecule has 6 nitrogen and oxygen atoms in total. The Morgan fingerprint density at radius 1 is 1.19 bits per heavy atom. The van der Waals surface area contributed by atoms with E-state index in [0.717, 1.165) is 31.3 Å². The molecule has 0 aliphatic carbocycles. The summed E-state index contributed by atoms with van der Waals surface area (Å²) in [6.07, 6.45) is 0. The molecule has 0 saturated carbocycles. The minimum Gasteiger partial charge on any atom is -0.494 e. The highest BCUT2D eigenvalue weighted by Gasteiger charge is 2.15. The molecule has 4 rings (SSSR count). The Kier molecular flexibility index (Phi) is 4.67. The molecule has 1 N–H and O–H groups in total. The lowest BCUT2D eigenvalue weighted by atomic mass is 10.2. The number of methoxy groups -OCH3 is 1. The molecule has 4 aromatic rings. The van der Waals surface area contributed by atoms with E-state index < -0.39 is 0 Å². The largest absolute Gasteiger partial charge is 0.494 e. The summed E-state index contributed by atoms with van der Waals surface area (Å²) < 4.78 is 7.45. The molecule has 138 valence electrons. The maximum Gasteiger partial charge on any atom is 0.245 e. The van der Waals surface area contributed by atoms with Crippen molar-refractivity contribution < 1.29 is 9.53 Å². The SMILES string of the molecule is COc1cccc2sc(N(C)CC(=O)Nc3nc4ccc(C)cc4s3)nc12. The first-order valence-electron chi connectivity index (χ1n) is 8.35. The van der Waals surface area contributed by atoms with Gasteiger partial charge in [-0.15, -0.1) is 0 Å². The van der Waals surface area contributed by atoms with E-state index in [1.807, 2.05) is 49.2 Å². The number of carbonyl (C=O) groups excluding carboxylic acids is 1. The van der Waals surface area contributed by atoms with Gasteiger partial charge in [0.25, 0.3) is 0 Å². The Balaban J connectivity index is 1.48. The number of nitrogens with zero attached hydrogens (tertiary/aromatic N) is 3. The van der Waals surface area contributed by atoms with E-state index >= 15 is 0 Å². The molecule has 0 saturated heterocycles. The number of thiazole rings is 2. The Morgan fingerprint density at radius 3 is 2.85 bits per heavy atom. The maximum atomic E-state index is 12.4. The number of hydrogen-bond donors (Lipinski definition) is 1. The molecule has 1 amide bonds. The zero-order valence-electron chi connectivity index (χ0n) is 15.1. The predicted octanol–water partition coefficient (Wildman–Crippen LogP) is 4.30. The van der Waals surface area contributed by atoms with Gasteiger partial charge in [-0.1, -0.05) is 34.8 Å². The fourth-order valence-corrected chi connectivity index (χ4v) is 4.69. The summed E-state index contributed by atoms with van der Waals surface area (Å²) in [5.74, 6) is 0.608. The highest BCUT2D eigenvalue weighted by Crippen LogP contribution is 2.33. The molecular formula is C19H18N4O2S2. The molecule has 8 heteroatoms. The number of nitrogens with one attached hydrogen (secondary N) is 1. The van der Waals surface area contributed by atoms with Gasteiger partial charge in [0.2, 0.25) is 5.91 Å². The number of hydrogen-bond acceptors (Lipinski definition) is 7. The van der Waals surface area contributed by atoms with Crippen LogP contribution < -0.4 is 15.0 Å². The van der Waals surface area contributed by atoms with Crippen LogP contribution in [0.5, 0.6) is 5.75 Å². The van der Waals surface area contributed by atoms with Crippen molar-refractivity contribution in [3.63, 3.8) is 0 Å². The van der Waals surface area contributed by atoms with E-state index in [1.165, 1.54) is 28.2 Å². The molecule has 2 aromatic heterocycles. The van der Waals surface area contributed by atoms with Gasteiger partial charge in [-0.2, -0.15) is 0 Å². The smallest absolute Gasteiger partial charge is 0.245 e. The standard InChI is InChI=1S/C19H18N4O2S2/c1-11-7-8-12-15(9-11)26-18(20-12)21-16(24)10-23(2)19-22-17-13(25-3)5-4-6-14(17)27-19/h4-9H,10H2,1-3H3,(H,20,21,24). The van der Waals surface area contributed by atoms with E-state index in [4.69, 9.17) is 4.74 Å². The first-order valence-corrected chi connectivity index (χ1v) is 9.98. The summed E-state index contributed by atoms with van der Waals surface area (Å²) in [5.41, 5.74) is 2.89. The van der Waals surface area contributed by atoms with Crippen LogP contribution in [0.3, 0.4) is 0 Å². The molecule has 0 aliphatic heterocycles. The molecule has 2 heterocycles. The second-order valence-corrected chi connectivity index (χ2v) is 8.24. The molecule has 0 radical (unpaired) electrons. The van der Waals surface area contributed by atoms with Crippen LogP contribution >= 0.6 is 22.7 Å². The molecule has 0 fully saturated rings. The summed E-state index contributed by atoms with van der Waals surface area (Å²) in [7, 11) is 3.48. The summed E-state index contributed by atoms with van der Waals surface area (Å²) in [6.45, 7) is 2.23. The molecule has 0 spiro atoms. The van der Waals surface area contributed by atoms with Crippen LogP contribution in [0, 0.1) is 6.92 Å². The minimum absolute atomic E-state index is 0.125. The number of carbonyl (C=O) groups is 1. The maximum absolute atomic E-state index is 12.4. The molecule has 0 unspecified atom stereocenters. The molecule has 2 aromatic carbocycles. The Hall–Kier alpha value is -2.71. The Labute approximate surface area is 164 Å². The van der Waals surface area contributed by atoms with Gasteiger partial charge in [-0.3, -0.25) is 4.79 Å². The lowest BCUT2D eigenvalue weighted by Gasteiger charge is -2.14. The van der Waals surface area contributed by atoms with E-state index in [2.05, 4.69) is 21.4 Å². The molecule has 0 aliphatic rings. The third kappa shape index (κ3) is 3.58. The van der Waals surface area contributed by atoms with Gasteiger partial charge >= 0.3 is 0 Å². The highest BCUT2D eigenvalue weighted by molar-refractivity contribution is 7.22. The fourth-order valence-electron chi connectivity index (χ4n) is 2.77. The molecular weight excluding hydrogens is 380 g/mol. The number of aromatic nitrogens is 2. The van der Waals surface area contributed by atoms with E-state index in [-0.39, 0.29) is 12.5 Å². The van der Waals surface area contributed by atoms with Gasteiger partial charge in [0.1, 0.15) is 11.3 Å². The number of aryl methyl sites for hydroxylation is 1. The van der Waals surface area contributed by atoms with Gasteiger partial charge in [0.15, 0.2) is 10.3 Å². The monoisotopic (exact) mass is 398 g/mol. The van der Waals surface area contributed by atoms with Crippen molar-refractivity contribution in [2.45, 2.75) is 6.92 Å². The first-order chi connectivity index (χ1) is 13.0. The normalized spacial score (nSPS) is 11.1. The quantitative estimate of drug-likeness (QED) is 0.543. The molecule has 0 atom stereocenters. The van der Waals surface area contributed by atoms with Crippen molar-refractivity contribution in [1.82, 2.24) is 9.97 Å². The summed E-state index contributed by atoms with van der Waals surface area (Å²) in [4.78, 5) is 23.4. The lowest BCUT2D eigenvalue weighted by Crippen LogP contribution is -2.29. The third-order valence-electron chi connectivity index (χ3n) is 4.09. The van der Waals surface area contributed by atoms with Crippen molar-refractivity contribution >= 4 is 59.3 Å². The molecule has 27 heavy (non-hydrogen) atoms. The topological polar surface area (TPSA) is 67.3 Å². The van der Waals surface area contributed by atoms with Crippen LogP contribution in [-0.2, 0) is 4.79 Å². The zero-order valence-corrected chi connectivity index (χ0v) is 16.8. The number of para-hydroxylation sites is 1. The number of anilines is 2. The van der Waals surface area contributed by atoms with Crippen LogP contribution in [0.25, 0.3) is 20.4 Å². The van der Waals surface area contributed by atoms with Gasteiger partial charge in [0, 0.05) is 7.05 Å². The zero-order chi connectivity index (χ0) is 19.0. The van der Waals surface area contributed by atoms with E-state index in [1.54, 1.807) is 7.11 Å². The van der Waals surface area contributed by atoms with E-state index in [9.17, 15) is 4.79 Å². The Morgan fingerprint density at radius 2 is 2.04 bits per heavy atom. The van der Waals surface area contributed by atoms with Crippen LogP contribution in [0.2, 0.25) is 0 Å². The van der Waals surface area contributed by atoms with Crippen molar-refractivity contribution in [3.8, 4) is 5.75 Å². The molecule has 0 bridgehead atoms. The number of rotatable bonds is 5. The van der Waals surface area contributed by atoms with Crippen molar-refractivity contribution in [1.29, 1.82) is 0 Å². The minimum atomic E-state index is -0.125. The second-order valence-electron chi connectivity index (χ2n) is 6.20. The average molecular weight is 399 g/mol. The summed E-state index contributed by atoms with van der Waals surface area (Å²) >= 11 is 3.01. The van der Waals surface area contributed by atoms with E-state index in [0.29, 0.717) is 5.13 Å². The number of amides is 1. The summed E-state index contributed by atoms with van der Waals surface area (Å²) in [6, 6.07) is 11.9. The third-order valence-corrected chi connectivity index (χ3v) is 6.16. The number of fused-ring (bicyclic) bond motifs is 2.